The highest BCUT2D eigenvalue weighted by Gasteiger charge is 2.33. The van der Waals surface area contributed by atoms with Crippen LogP contribution in [0.2, 0.25) is 0 Å². The van der Waals surface area contributed by atoms with Crippen molar-refractivity contribution in [3.8, 4) is 0 Å². The normalized spacial score (nSPS) is 22.2. The highest BCUT2D eigenvalue weighted by molar-refractivity contribution is 5.99. The molecule has 2 unspecified atom stereocenters. The Hall–Kier alpha value is -1.92. The Bertz CT molecular complexity index is 605. The maximum Gasteiger partial charge on any atom is 0.251 e. The van der Waals surface area contributed by atoms with Crippen molar-refractivity contribution in [2.45, 2.75) is 45.4 Å². The third-order valence-corrected chi connectivity index (χ3v) is 4.37. The van der Waals surface area contributed by atoms with Crippen LogP contribution < -0.4 is 11.1 Å². The van der Waals surface area contributed by atoms with E-state index in [4.69, 9.17) is 10.5 Å². The van der Waals surface area contributed by atoms with Crippen LogP contribution in [0.3, 0.4) is 0 Å². The number of nitrogens with zero attached hydrogens (tertiary/aromatic N) is 1. The Morgan fingerprint density at radius 2 is 1.83 bits per heavy atom. The van der Waals surface area contributed by atoms with Crippen LogP contribution in [-0.2, 0) is 4.74 Å². The summed E-state index contributed by atoms with van der Waals surface area (Å²) in [6.45, 7) is 10.5. The molecule has 1 heterocycles. The van der Waals surface area contributed by atoms with E-state index in [0.717, 1.165) is 13.1 Å². The molecular weight excluding hydrogens is 306 g/mol. The first-order valence-corrected chi connectivity index (χ1v) is 8.27. The monoisotopic (exact) mass is 333 g/mol. The number of rotatable bonds is 5. The second-order valence-corrected chi connectivity index (χ2v) is 7.10. The van der Waals surface area contributed by atoms with E-state index in [9.17, 15) is 9.59 Å². The Morgan fingerprint density at radius 1 is 1.25 bits per heavy atom. The molecule has 6 nitrogen and oxygen atoms in total. The summed E-state index contributed by atoms with van der Waals surface area (Å²) in [5.41, 5.74) is 5.84. The second kappa shape index (κ2) is 7.32. The SMILES string of the molecule is CC1CN(C(C)(C)CNC(=O)c2cccc(C(N)=O)c2)CC(C)O1. The molecule has 1 aliphatic heterocycles. The predicted molar refractivity (Wildman–Crippen MR) is 93.0 cm³/mol. The maximum atomic E-state index is 12.4. The van der Waals surface area contributed by atoms with Crippen LogP contribution in [0, 0.1) is 0 Å². The van der Waals surface area contributed by atoms with Crippen molar-refractivity contribution in [1.29, 1.82) is 0 Å². The van der Waals surface area contributed by atoms with Gasteiger partial charge in [0.1, 0.15) is 0 Å². The molecule has 6 heteroatoms. The van der Waals surface area contributed by atoms with E-state index < -0.39 is 5.91 Å². The molecule has 0 aliphatic carbocycles. The molecule has 1 aromatic rings. The minimum Gasteiger partial charge on any atom is -0.373 e. The Balaban J connectivity index is 1.99. The van der Waals surface area contributed by atoms with Gasteiger partial charge in [0.25, 0.3) is 5.91 Å². The lowest BCUT2D eigenvalue weighted by Crippen LogP contribution is -2.58. The van der Waals surface area contributed by atoms with Crippen LogP contribution in [0.15, 0.2) is 24.3 Å². The van der Waals surface area contributed by atoms with Gasteiger partial charge in [0.2, 0.25) is 5.91 Å². The van der Waals surface area contributed by atoms with Gasteiger partial charge in [-0.3, -0.25) is 14.5 Å². The van der Waals surface area contributed by atoms with Crippen LogP contribution in [0.25, 0.3) is 0 Å². The van der Waals surface area contributed by atoms with Gasteiger partial charge >= 0.3 is 0 Å². The number of carbonyl (C=O) groups excluding carboxylic acids is 2. The first-order valence-electron chi connectivity index (χ1n) is 8.27. The topological polar surface area (TPSA) is 84.7 Å². The molecule has 1 saturated heterocycles. The zero-order chi connectivity index (χ0) is 17.9. The molecule has 0 aromatic heterocycles. The highest BCUT2D eigenvalue weighted by atomic mass is 16.5. The largest absolute Gasteiger partial charge is 0.373 e. The molecule has 132 valence electrons. The molecule has 1 fully saturated rings. The summed E-state index contributed by atoms with van der Waals surface area (Å²) in [6.07, 6.45) is 0.354. The van der Waals surface area contributed by atoms with Crippen LogP contribution in [-0.4, -0.2) is 54.1 Å². The molecule has 1 aliphatic rings. The summed E-state index contributed by atoms with van der Waals surface area (Å²) in [6, 6.07) is 6.45. The van der Waals surface area contributed by atoms with Crippen LogP contribution in [0.4, 0.5) is 0 Å². The summed E-state index contributed by atoms with van der Waals surface area (Å²) in [7, 11) is 0. The molecule has 2 atom stereocenters. The van der Waals surface area contributed by atoms with E-state index in [1.807, 2.05) is 0 Å². The number of hydrogen-bond donors (Lipinski definition) is 2. The lowest BCUT2D eigenvalue weighted by Gasteiger charge is -2.45. The smallest absolute Gasteiger partial charge is 0.251 e. The number of carbonyl (C=O) groups is 2. The third kappa shape index (κ3) is 4.55. The molecule has 0 saturated carbocycles. The second-order valence-electron chi connectivity index (χ2n) is 7.10. The number of ether oxygens (including phenoxy) is 1. The molecule has 1 aromatic carbocycles. The average Bonchev–Trinajstić information content (AvgIpc) is 2.52. The van der Waals surface area contributed by atoms with E-state index in [2.05, 4.69) is 37.9 Å². The van der Waals surface area contributed by atoms with E-state index >= 15 is 0 Å². The van der Waals surface area contributed by atoms with Crippen molar-refractivity contribution >= 4 is 11.8 Å². The van der Waals surface area contributed by atoms with Gasteiger partial charge in [-0.15, -0.1) is 0 Å². The fourth-order valence-corrected chi connectivity index (χ4v) is 3.00. The fourth-order valence-electron chi connectivity index (χ4n) is 3.00. The zero-order valence-electron chi connectivity index (χ0n) is 14.8. The van der Waals surface area contributed by atoms with E-state index in [-0.39, 0.29) is 23.7 Å². The van der Waals surface area contributed by atoms with Crippen molar-refractivity contribution < 1.29 is 14.3 Å². The number of morpholine rings is 1. The minimum atomic E-state index is -0.540. The molecule has 0 radical (unpaired) electrons. The lowest BCUT2D eigenvalue weighted by atomic mass is 9.99. The summed E-state index contributed by atoms with van der Waals surface area (Å²) < 4.78 is 5.77. The first-order chi connectivity index (χ1) is 11.2. The average molecular weight is 333 g/mol. The van der Waals surface area contributed by atoms with Gasteiger partial charge in [0, 0.05) is 36.3 Å². The van der Waals surface area contributed by atoms with Crippen molar-refractivity contribution in [2.24, 2.45) is 5.73 Å². The standard InChI is InChI=1S/C18H27N3O3/c1-12-9-21(10-13(2)24-12)18(3,4)11-20-17(23)15-7-5-6-14(8-15)16(19)22/h5-8,12-13H,9-11H2,1-4H3,(H2,19,22)(H,20,23). The third-order valence-electron chi connectivity index (χ3n) is 4.37. The molecule has 24 heavy (non-hydrogen) atoms. The van der Waals surface area contributed by atoms with Crippen LogP contribution in [0.5, 0.6) is 0 Å². The Kier molecular flexibility index (Phi) is 5.62. The number of nitrogens with two attached hydrogens (primary N) is 1. The summed E-state index contributed by atoms with van der Waals surface area (Å²) >= 11 is 0. The zero-order valence-corrected chi connectivity index (χ0v) is 14.8. The quantitative estimate of drug-likeness (QED) is 0.853. The Morgan fingerprint density at radius 3 is 2.42 bits per heavy atom. The molecule has 0 spiro atoms. The maximum absolute atomic E-state index is 12.4. The van der Waals surface area contributed by atoms with Gasteiger partial charge in [-0.25, -0.2) is 0 Å². The van der Waals surface area contributed by atoms with Crippen molar-refractivity contribution in [1.82, 2.24) is 10.2 Å². The van der Waals surface area contributed by atoms with E-state index in [0.29, 0.717) is 17.7 Å². The van der Waals surface area contributed by atoms with E-state index in [1.54, 1.807) is 18.2 Å². The summed E-state index contributed by atoms with van der Waals surface area (Å²) in [5.74, 6) is -0.748. The van der Waals surface area contributed by atoms with Crippen molar-refractivity contribution in [2.75, 3.05) is 19.6 Å². The molecule has 0 bridgehead atoms. The molecule has 3 N–H and O–H groups in total. The predicted octanol–water partition coefficient (Wildman–Crippen LogP) is 1.40. The number of nitrogens with one attached hydrogen (secondary N) is 1. The van der Waals surface area contributed by atoms with Gasteiger partial charge in [-0.05, 0) is 45.9 Å². The molecule has 2 amide bonds. The number of primary amides is 1. The fraction of sp³-hybridized carbons (Fsp3) is 0.556. The molecular formula is C18H27N3O3. The van der Waals surface area contributed by atoms with Crippen molar-refractivity contribution in [3.63, 3.8) is 0 Å². The number of amides is 2. The number of benzene rings is 1. The Labute approximate surface area is 143 Å². The summed E-state index contributed by atoms with van der Waals surface area (Å²) in [4.78, 5) is 25.9. The minimum absolute atomic E-state index is 0.177. The highest BCUT2D eigenvalue weighted by Crippen LogP contribution is 2.20. The van der Waals surface area contributed by atoms with Crippen LogP contribution >= 0.6 is 0 Å². The van der Waals surface area contributed by atoms with Crippen molar-refractivity contribution in [3.05, 3.63) is 35.4 Å². The molecule has 2 rings (SSSR count). The van der Waals surface area contributed by atoms with Gasteiger partial charge in [-0.1, -0.05) is 6.07 Å². The lowest BCUT2D eigenvalue weighted by molar-refractivity contribution is -0.0948. The van der Waals surface area contributed by atoms with E-state index in [1.165, 1.54) is 6.07 Å². The van der Waals surface area contributed by atoms with Gasteiger partial charge in [-0.2, -0.15) is 0 Å². The van der Waals surface area contributed by atoms with Crippen LogP contribution in [0.1, 0.15) is 48.4 Å². The first kappa shape index (κ1) is 18.4. The number of hydrogen-bond acceptors (Lipinski definition) is 4. The summed E-state index contributed by atoms with van der Waals surface area (Å²) in [5, 5.41) is 2.96. The van der Waals surface area contributed by atoms with Gasteiger partial charge < -0.3 is 15.8 Å². The van der Waals surface area contributed by atoms with Gasteiger partial charge in [0.15, 0.2) is 0 Å². The van der Waals surface area contributed by atoms with Gasteiger partial charge in [0.05, 0.1) is 12.2 Å².